The Kier molecular flexibility index (Phi) is 2.18. The zero-order valence-electron chi connectivity index (χ0n) is 7.35. The monoisotopic (exact) mass is 138 g/mol. The number of hydrogen-bond acceptors (Lipinski definition) is 0. The summed E-state index contributed by atoms with van der Waals surface area (Å²) in [6, 6.07) is 0. The van der Waals surface area contributed by atoms with E-state index in [2.05, 4.69) is 27.4 Å². The third-order valence-electron chi connectivity index (χ3n) is 2.82. The molecule has 10 heavy (non-hydrogen) atoms. The van der Waals surface area contributed by atoms with Crippen LogP contribution in [0.4, 0.5) is 0 Å². The van der Waals surface area contributed by atoms with Crippen LogP contribution >= 0.6 is 0 Å². The molecule has 0 aromatic rings. The lowest BCUT2D eigenvalue weighted by Gasteiger charge is -2.12. The lowest BCUT2D eigenvalue weighted by Crippen LogP contribution is -2.02. The molecule has 1 aliphatic carbocycles. The molecule has 0 N–H and O–H groups in total. The Bertz CT molecular complexity index is 133. The van der Waals surface area contributed by atoms with Crippen molar-refractivity contribution < 1.29 is 0 Å². The van der Waals surface area contributed by atoms with Crippen LogP contribution in [0.15, 0.2) is 12.2 Å². The molecule has 2 atom stereocenters. The summed E-state index contributed by atoms with van der Waals surface area (Å²) in [6.07, 6.45) is 2.65. The first-order valence-corrected chi connectivity index (χ1v) is 4.29. The minimum absolute atomic E-state index is 0.785. The van der Waals surface area contributed by atoms with E-state index in [0.29, 0.717) is 0 Å². The Morgan fingerprint density at radius 3 is 2.30 bits per heavy atom. The van der Waals surface area contributed by atoms with Crippen LogP contribution < -0.4 is 0 Å². The van der Waals surface area contributed by atoms with Gasteiger partial charge in [0.2, 0.25) is 0 Å². The first-order valence-electron chi connectivity index (χ1n) is 4.29. The second-order valence-electron chi connectivity index (χ2n) is 4.00. The van der Waals surface area contributed by atoms with Crippen LogP contribution in [0.3, 0.4) is 0 Å². The predicted octanol–water partition coefficient (Wildman–Crippen LogP) is 3.24. The van der Waals surface area contributed by atoms with E-state index < -0.39 is 0 Å². The smallest absolute Gasteiger partial charge is 0.0231 e. The standard InChI is InChI=1S/C10H18/c1-7(2)10-5-8(3)9(4)6-10/h7,9-10H,3,5-6H2,1-2,4H3. The molecule has 0 radical (unpaired) electrons. The summed E-state index contributed by atoms with van der Waals surface area (Å²) in [5.74, 6) is 2.55. The summed E-state index contributed by atoms with van der Waals surface area (Å²) in [6.45, 7) is 11.0. The largest absolute Gasteiger partial charge is 0.0996 e. The van der Waals surface area contributed by atoms with E-state index in [1.165, 1.54) is 18.4 Å². The van der Waals surface area contributed by atoms with Gasteiger partial charge in [-0.25, -0.2) is 0 Å². The molecule has 58 valence electrons. The Balaban J connectivity index is 2.49. The highest BCUT2D eigenvalue weighted by Gasteiger charge is 2.26. The summed E-state index contributed by atoms with van der Waals surface area (Å²) in [4.78, 5) is 0. The minimum Gasteiger partial charge on any atom is -0.0996 e. The fourth-order valence-electron chi connectivity index (χ4n) is 1.75. The van der Waals surface area contributed by atoms with E-state index in [1.807, 2.05) is 0 Å². The summed E-state index contributed by atoms with van der Waals surface area (Å²) >= 11 is 0. The molecular formula is C10H18. The first kappa shape index (κ1) is 7.84. The van der Waals surface area contributed by atoms with Gasteiger partial charge >= 0.3 is 0 Å². The second-order valence-corrected chi connectivity index (χ2v) is 4.00. The molecule has 2 unspecified atom stereocenters. The maximum Gasteiger partial charge on any atom is -0.0231 e. The number of allylic oxidation sites excluding steroid dienone is 1. The maximum atomic E-state index is 4.07. The van der Waals surface area contributed by atoms with Crippen molar-refractivity contribution in [2.45, 2.75) is 33.6 Å². The Labute approximate surface area is 64.3 Å². The molecule has 0 aromatic carbocycles. The van der Waals surface area contributed by atoms with Gasteiger partial charge in [0.15, 0.2) is 0 Å². The molecule has 1 rings (SSSR count). The molecule has 0 nitrogen and oxygen atoms in total. The van der Waals surface area contributed by atoms with Gasteiger partial charge in [0.25, 0.3) is 0 Å². The Hall–Kier alpha value is -0.260. The molecule has 0 bridgehead atoms. The maximum absolute atomic E-state index is 4.07. The van der Waals surface area contributed by atoms with Gasteiger partial charge in [0.05, 0.1) is 0 Å². The van der Waals surface area contributed by atoms with Crippen LogP contribution in [0, 0.1) is 17.8 Å². The van der Waals surface area contributed by atoms with Gasteiger partial charge < -0.3 is 0 Å². The van der Waals surface area contributed by atoms with E-state index in [0.717, 1.165) is 17.8 Å². The summed E-state index contributed by atoms with van der Waals surface area (Å²) in [5, 5.41) is 0. The van der Waals surface area contributed by atoms with E-state index in [1.54, 1.807) is 0 Å². The average molecular weight is 138 g/mol. The first-order chi connectivity index (χ1) is 4.61. The molecule has 0 heterocycles. The van der Waals surface area contributed by atoms with Crippen molar-refractivity contribution in [3.8, 4) is 0 Å². The Morgan fingerprint density at radius 1 is 1.50 bits per heavy atom. The van der Waals surface area contributed by atoms with Crippen molar-refractivity contribution in [2.24, 2.45) is 17.8 Å². The highest BCUT2D eigenvalue weighted by atomic mass is 14.3. The van der Waals surface area contributed by atoms with Crippen LogP contribution in [-0.4, -0.2) is 0 Å². The topological polar surface area (TPSA) is 0 Å². The zero-order chi connectivity index (χ0) is 7.72. The van der Waals surface area contributed by atoms with Crippen molar-refractivity contribution in [2.75, 3.05) is 0 Å². The number of hydrogen-bond donors (Lipinski definition) is 0. The highest BCUT2D eigenvalue weighted by molar-refractivity contribution is 5.07. The van der Waals surface area contributed by atoms with Gasteiger partial charge in [-0.1, -0.05) is 32.9 Å². The second kappa shape index (κ2) is 2.77. The van der Waals surface area contributed by atoms with E-state index in [9.17, 15) is 0 Å². The summed E-state index contributed by atoms with van der Waals surface area (Å²) in [5.41, 5.74) is 1.47. The van der Waals surface area contributed by atoms with Crippen LogP contribution in [0.25, 0.3) is 0 Å². The average Bonchev–Trinajstić information content (AvgIpc) is 2.13. The summed E-state index contributed by atoms with van der Waals surface area (Å²) in [7, 11) is 0. The number of rotatable bonds is 1. The SMILES string of the molecule is C=C1CC(C(C)C)CC1C. The molecule has 0 saturated heterocycles. The quantitative estimate of drug-likeness (QED) is 0.488. The third kappa shape index (κ3) is 1.42. The molecular weight excluding hydrogens is 120 g/mol. The van der Waals surface area contributed by atoms with Gasteiger partial charge in [0.1, 0.15) is 0 Å². The predicted molar refractivity (Wildman–Crippen MR) is 45.9 cm³/mol. The Morgan fingerprint density at radius 2 is 2.10 bits per heavy atom. The van der Waals surface area contributed by atoms with Gasteiger partial charge in [0, 0.05) is 0 Å². The van der Waals surface area contributed by atoms with Crippen LogP contribution in [0.5, 0.6) is 0 Å². The lowest BCUT2D eigenvalue weighted by atomic mass is 9.94. The van der Waals surface area contributed by atoms with Crippen LogP contribution in [0.1, 0.15) is 33.6 Å². The fraction of sp³-hybridized carbons (Fsp3) is 0.800. The normalized spacial score (nSPS) is 33.8. The van der Waals surface area contributed by atoms with E-state index in [-0.39, 0.29) is 0 Å². The van der Waals surface area contributed by atoms with Crippen molar-refractivity contribution in [1.82, 2.24) is 0 Å². The van der Waals surface area contributed by atoms with Crippen molar-refractivity contribution >= 4 is 0 Å². The van der Waals surface area contributed by atoms with E-state index in [4.69, 9.17) is 0 Å². The molecule has 1 fully saturated rings. The van der Waals surface area contributed by atoms with Crippen molar-refractivity contribution in [3.05, 3.63) is 12.2 Å². The fourth-order valence-corrected chi connectivity index (χ4v) is 1.75. The van der Waals surface area contributed by atoms with Gasteiger partial charge in [-0.2, -0.15) is 0 Å². The molecule has 0 amide bonds. The molecule has 1 saturated carbocycles. The molecule has 0 aliphatic heterocycles. The lowest BCUT2D eigenvalue weighted by molar-refractivity contribution is 0.384. The molecule has 1 aliphatic rings. The van der Waals surface area contributed by atoms with Gasteiger partial charge in [-0.15, -0.1) is 0 Å². The van der Waals surface area contributed by atoms with Gasteiger partial charge in [-0.3, -0.25) is 0 Å². The summed E-state index contributed by atoms with van der Waals surface area (Å²) < 4.78 is 0. The third-order valence-corrected chi connectivity index (χ3v) is 2.82. The van der Waals surface area contributed by atoms with Crippen molar-refractivity contribution in [1.29, 1.82) is 0 Å². The van der Waals surface area contributed by atoms with E-state index >= 15 is 0 Å². The van der Waals surface area contributed by atoms with Crippen LogP contribution in [-0.2, 0) is 0 Å². The molecule has 0 heteroatoms. The van der Waals surface area contributed by atoms with Gasteiger partial charge in [-0.05, 0) is 30.6 Å². The van der Waals surface area contributed by atoms with Crippen molar-refractivity contribution in [3.63, 3.8) is 0 Å². The minimum atomic E-state index is 0.785. The molecule has 0 spiro atoms. The molecule has 0 aromatic heterocycles. The zero-order valence-corrected chi connectivity index (χ0v) is 7.35. The van der Waals surface area contributed by atoms with Crippen LogP contribution in [0.2, 0.25) is 0 Å². The highest BCUT2D eigenvalue weighted by Crippen LogP contribution is 2.38.